The summed E-state index contributed by atoms with van der Waals surface area (Å²) in [6.45, 7) is 0.558. The van der Waals surface area contributed by atoms with Crippen molar-refractivity contribution in [3.63, 3.8) is 0 Å². The maximum absolute atomic E-state index is 11.7. The maximum Gasteiger partial charge on any atom is 0.269 e. The Morgan fingerprint density at radius 2 is 2.33 bits per heavy atom. The van der Waals surface area contributed by atoms with Crippen molar-refractivity contribution in [3.8, 4) is 0 Å². The van der Waals surface area contributed by atoms with E-state index in [9.17, 15) is 4.79 Å². The predicted octanol–water partition coefficient (Wildman–Crippen LogP) is 1.55. The third kappa shape index (κ3) is 3.27. The lowest BCUT2D eigenvalue weighted by Crippen LogP contribution is -2.26. The van der Waals surface area contributed by atoms with Crippen LogP contribution in [0.3, 0.4) is 0 Å². The van der Waals surface area contributed by atoms with Crippen LogP contribution in [0.15, 0.2) is 29.8 Å². The van der Waals surface area contributed by atoms with Crippen LogP contribution in [-0.2, 0) is 6.42 Å². The molecule has 0 aliphatic rings. The van der Waals surface area contributed by atoms with Crippen molar-refractivity contribution in [2.24, 2.45) is 0 Å². The van der Waals surface area contributed by atoms with Crippen molar-refractivity contribution in [1.29, 1.82) is 0 Å². The Hall–Kier alpha value is -1.95. The number of thiazole rings is 1. The van der Waals surface area contributed by atoms with Crippen LogP contribution in [0, 0.1) is 0 Å². The molecule has 94 valence electrons. The number of hydrogen-bond acceptors (Lipinski definition) is 5. The van der Waals surface area contributed by atoms with Gasteiger partial charge in [0.2, 0.25) is 0 Å². The zero-order valence-electron chi connectivity index (χ0n) is 10.0. The molecule has 0 aliphatic heterocycles. The third-order valence-corrected chi connectivity index (χ3v) is 3.24. The van der Waals surface area contributed by atoms with Crippen molar-refractivity contribution in [3.05, 3.63) is 41.2 Å². The third-order valence-electron chi connectivity index (χ3n) is 2.33. The molecule has 2 N–H and O–H groups in total. The highest BCUT2D eigenvalue weighted by Crippen LogP contribution is 2.14. The minimum atomic E-state index is -0.153. The molecule has 0 spiro atoms. The molecular formula is C12H14N4OS. The van der Waals surface area contributed by atoms with E-state index in [-0.39, 0.29) is 5.91 Å². The summed E-state index contributed by atoms with van der Waals surface area (Å²) in [6.07, 6.45) is 2.32. The molecule has 6 heteroatoms. The van der Waals surface area contributed by atoms with Gasteiger partial charge in [0.05, 0.1) is 5.69 Å². The van der Waals surface area contributed by atoms with Crippen LogP contribution in [0.25, 0.3) is 0 Å². The lowest BCUT2D eigenvalue weighted by molar-refractivity contribution is 0.0949. The van der Waals surface area contributed by atoms with Gasteiger partial charge in [-0.15, -0.1) is 11.3 Å². The Labute approximate surface area is 109 Å². The second-order valence-corrected chi connectivity index (χ2v) is 4.47. The topological polar surface area (TPSA) is 66.9 Å². The van der Waals surface area contributed by atoms with E-state index in [1.807, 2.05) is 12.4 Å². The number of carbonyl (C=O) groups is 1. The van der Waals surface area contributed by atoms with Gasteiger partial charge in [-0.25, -0.2) is 4.98 Å². The van der Waals surface area contributed by atoms with E-state index in [1.165, 1.54) is 0 Å². The monoisotopic (exact) mass is 262 g/mol. The van der Waals surface area contributed by atoms with E-state index in [1.54, 1.807) is 35.7 Å². The summed E-state index contributed by atoms with van der Waals surface area (Å²) in [5.74, 6) is -0.153. The Kier molecular flexibility index (Phi) is 4.25. The van der Waals surface area contributed by atoms with Crippen LogP contribution in [-0.4, -0.2) is 29.5 Å². The van der Waals surface area contributed by atoms with E-state index >= 15 is 0 Å². The first-order valence-corrected chi connectivity index (χ1v) is 6.49. The SMILES string of the molecule is CNc1nc(CCNC(=O)c2ccccn2)cs1. The van der Waals surface area contributed by atoms with Gasteiger partial charge < -0.3 is 10.6 Å². The molecule has 18 heavy (non-hydrogen) atoms. The number of rotatable bonds is 5. The normalized spacial score (nSPS) is 10.1. The Morgan fingerprint density at radius 3 is 3.00 bits per heavy atom. The Morgan fingerprint density at radius 1 is 1.44 bits per heavy atom. The summed E-state index contributed by atoms with van der Waals surface area (Å²) >= 11 is 1.56. The van der Waals surface area contributed by atoms with Crippen molar-refractivity contribution in [2.45, 2.75) is 6.42 Å². The average Bonchev–Trinajstić information content (AvgIpc) is 2.87. The molecule has 0 unspecified atom stereocenters. The lowest BCUT2D eigenvalue weighted by atomic mass is 10.3. The van der Waals surface area contributed by atoms with E-state index in [2.05, 4.69) is 20.6 Å². The number of aromatic nitrogens is 2. The molecule has 0 aromatic carbocycles. The Bertz CT molecular complexity index is 512. The highest BCUT2D eigenvalue weighted by atomic mass is 32.1. The number of amides is 1. The van der Waals surface area contributed by atoms with Crippen LogP contribution in [0.1, 0.15) is 16.2 Å². The van der Waals surface area contributed by atoms with Gasteiger partial charge in [-0.1, -0.05) is 6.07 Å². The van der Waals surface area contributed by atoms with E-state index in [0.29, 0.717) is 12.2 Å². The first-order chi connectivity index (χ1) is 8.79. The van der Waals surface area contributed by atoms with Crippen LogP contribution in [0.5, 0.6) is 0 Å². The van der Waals surface area contributed by atoms with Gasteiger partial charge in [0.1, 0.15) is 5.69 Å². The number of hydrogen-bond donors (Lipinski definition) is 2. The first kappa shape index (κ1) is 12.5. The van der Waals surface area contributed by atoms with Gasteiger partial charge in [0.25, 0.3) is 5.91 Å². The molecule has 2 heterocycles. The minimum Gasteiger partial charge on any atom is -0.365 e. The zero-order valence-corrected chi connectivity index (χ0v) is 10.8. The molecule has 2 rings (SSSR count). The van der Waals surface area contributed by atoms with Crippen molar-refractivity contribution < 1.29 is 4.79 Å². The molecule has 0 atom stereocenters. The van der Waals surface area contributed by atoms with Gasteiger partial charge >= 0.3 is 0 Å². The average molecular weight is 262 g/mol. The van der Waals surface area contributed by atoms with E-state index in [4.69, 9.17) is 0 Å². The standard InChI is InChI=1S/C12H14N4OS/c1-13-12-16-9(8-18-12)5-7-15-11(17)10-4-2-3-6-14-10/h2-4,6,8H,5,7H2,1H3,(H,13,16)(H,15,17). The number of nitrogens with one attached hydrogen (secondary N) is 2. The molecule has 2 aromatic heterocycles. The minimum absolute atomic E-state index is 0.153. The van der Waals surface area contributed by atoms with E-state index in [0.717, 1.165) is 17.2 Å². The van der Waals surface area contributed by atoms with Gasteiger partial charge in [-0.2, -0.15) is 0 Å². The molecule has 0 bridgehead atoms. The lowest BCUT2D eigenvalue weighted by Gasteiger charge is -2.02. The van der Waals surface area contributed by atoms with Crippen LogP contribution >= 0.6 is 11.3 Å². The molecular weight excluding hydrogens is 248 g/mol. The number of nitrogens with zero attached hydrogens (tertiary/aromatic N) is 2. The molecule has 0 saturated heterocycles. The predicted molar refractivity (Wildman–Crippen MR) is 71.9 cm³/mol. The summed E-state index contributed by atoms with van der Waals surface area (Å²) in [5, 5.41) is 8.67. The second kappa shape index (κ2) is 6.11. The molecule has 1 amide bonds. The largest absolute Gasteiger partial charge is 0.365 e. The highest BCUT2D eigenvalue weighted by Gasteiger charge is 2.06. The summed E-state index contributed by atoms with van der Waals surface area (Å²) in [4.78, 5) is 20.0. The summed E-state index contributed by atoms with van der Waals surface area (Å²) in [6, 6.07) is 5.27. The first-order valence-electron chi connectivity index (χ1n) is 5.61. The van der Waals surface area contributed by atoms with Gasteiger partial charge in [-0.05, 0) is 12.1 Å². The van der Waals surface area contributed by atoms with Crippen molar-refractivity contribution in [2.75, 3.05) is 18.9 Å². The molecule has 5 nitrogen and oxygen atoms in total. The quantitative estimate of drug-likeness (QED) is 0.858. The van der Waals surface area contributed by atoms with Crippen LogP contribution in [0.4, 0.5) is 5.13 Å². The molecule has 0 saturated carbocycles. The fourth-order valence-electron chi connectivity index (χ4n) is 1.43. The van der Waals surface area contributed by atoms with Crippen LogP contribution in [0.2, 0.25) is 0 Å². The van der Waals surface area contributed by atoms with Crippen molar-refractivity contribution in [1.82, 2.24) is 15.3 Å². The number of pyridine rings is 1. The smallest absolute Gasteiger partial charge is 0.269 e. The maximum atomic E-state index is 11.7. The van der Waals surface area contributed by atoms with Gasteiger partial charge in [0, 0.05) is 31.6 Å². The summed E-state index contributed by atoms with van der Waals surface area (Å²) < 4.78 is 0. The second-order valence-electron chi connectivity index (χ2n) is 3.61. The Balaban J connectivity index is 1.80. The summed E-state index contributed by atoms with van der Waals surface area (Å²) in [5.41, 5.74) is 1.41. The molecule has 0 radical (unpaired) electrons. The fourth-order valence-corrected chi connectivity index (χ4v) is 2.13. The van der Waals surface area contributed by atoms with Gasteiger partial charge in [0.15, 0.2) is 5.13 Å². The molecule has 2 aromatic rings. The number of anilines is 1. The summed E-state index contributed by atoms with van der Waals surface area (Å²) in [7, 11) is 1.84. The molecule has 0 fully saturated rings. The van der Waals surface area contributed by atoms with Gasteiger partial charge in [-0.3, -0.25) is 9.78 Å². The molecule has 0 aliphatic carbocycles. The highest BCUT2D eigenvalue weighted by molar-refractivity contribution is 7.13. The van der Waals surface area contributed by atoms with Crippen LogP contribution < -0.4 is 10.6 Å². The zero-order chi connectivity index (χ0) is 12.8. The number of carbonyl (C=O) groups excluding carboxylic acids is 1. The fraction of sp³-hybridized carbons (Fsp3) is 0.250. The van der Waals surface area contributed by atoms with Crippen molar-refractivity contribution >= 4 is 22.4 Å². The van der Waals surface area contributed by atoms with E-state index < -0.39 is 0 Å².